The number of carbonyl (C=O) groups is 3. The van der Waals surface area contributed by atoms with Crippen LogP contribution in [0.4, 0.5) is 4.79 Å². The minimum absolute atomic E-state index is 0.0717. The Kier molecular flexibility index (Phi) is 5.17. The molecular weight excluding hydrogens is 364 g/mol. The summed E-state index contributed by atoms with van der Waals surface area (Å²) in [5, 5.41) is 16.7. The number of ether oxygens (including phenoxy) is 1. The van der Waals surface area contributed by atoms with Crippen molar-refractivity contribution in [3.05, 3.63) is 24.4 Å². The zero-order valence-electron chi connectivity index (χ0n) is 16.1. The number of fused-ring (bicyclic) bond motifs is 1. The second kappa shape index (κ2) is 7.41. The molecule has 1 atom stereocenters. The summed E-state index contributed by atoms with van der Waals surface area (Å²) in [6, 6.07) is 4.57. The number of urea groups is 1. The molecule has 28 heavy (non-hydrogen) atoms. The zero-order chi connectivity index (χ0) is 20.5. The van der Waals surface area contributed by atoms with Crippen molar-refractivity contribution >= 4 is 28.6 Å². The van der Waals surface area contributed by atoms with Gasteiger partial charge in [-0.15, -0.1) is 0 Å². The van der Waals surface area contributed by atoms with E-state index in [9.17, 15) is 19.5 Å². The molecule has 0 spiro atoms. The number of nitrogens with one attached hydrogen (secondary N) is 2. The van der Waals surface area contributed by atoms with E-state index in [4.69, 9.17) is 4.74 Å². The fraction of sp³-hybridized carbons (Fsp3) is 0.421. The Morgan fingerprint density at radius 2 is 2.00 bits per heavy atom. The van der Waals surface area contributed by atoms with Gasteiger partial charge in [-0.3, -0.25) is 14.9 Å². The summed E-state index contributed by atoms with van der Waals surface area (Å²) in [5.41, 5.74) is -1.48. The molecule has 1 aromatic heterocycles. The molecule has 4 amide bonds. The number of hydrogen-bond acceptors (Lipinski definition) is 5. The quantitative estimate of drug-likeness (QED) is 0.617. The zero-order valence-corrected chi connectivity index (χ0v) is 16.1. The summed E-state index contributed by atoms with van der Waals surface area (Å²) < 4.78 is 6.65. The predicted octanol–water partition coefficient (Wildman–Crippen LogP) is 1.19. The Bertz CT molecular complexity index is 934. The van der Waals surface area contributed by atoms with Crippen molar-refractivity contribution in [2.24, 2.45) is 0 Å². The first-order valence-corrected chi connectivity index (χ1v) is 9.10. The normalized spacial score (nSPS) is 18.8. The second-order valence-electron chi connectivity index (χ2n) is 6.77. The number of hydrogen-bond donors (Lipinski definition) is 3. The van der Waals surface area contributed by atoms with Crippen molar-refractivity contribution < 1.29 is 24.2 Å². The Balaban J connectivity index is 1.98. The van der Waals surface area contributed by atoms with E-state index in [0.717, 1.165) is 5.39 Å². The number of benzene rings is 1. The van der Waals surface area contributed by atoms with Crippen LogP contribution in [0.1, 0.15) is 20.3 Å². The van der Waals surface area contributed by atoms with Crippen LogP contribution in [0.15, 0.2) is 24.4 Å². The number of imide groups is 1. The third-order valence-electron chi connectivity index (χ3n) is 5.09. The third-order valence-corrected chi connectivity index (χ3v) is 5.09. The van der Waals surface area contributed by atoms with Gasteiger partial charge in [0.05, 0.1) is 20.1 Å². The van der Waals surface area contributed by atoms with E-state index in [2.05, 4.69) is 10.6 Å². The van der Waals surface area contributed by atoms with Crippen LogP contribution in [0.3, 0.4) is 0 Å². The molecule has 0 aliphatic carbocycles. The van der Waals surface area contributed by atoms with Crippen LogP contribution in [0, 0.1) is 0 Å². The van der Waals surface area contributed by atoms with Gasteiger partial charge in [0.25, 0.3) is 5.91 Å². The van der Waals surface area contributed by atoms with Crippen LogP contribution in [-0.2, 0) is 16.1 Å². The first-order valence-electron chi connectivity index (χ1n) is 9.10. The molecule has 2 aromatic rings. The topological polar surface area (TPSA) is 113 Å². The van der Waals surface area contributed by atoms with E-state index in [1.807, 2.05) is 13.8 Å². The Hall–Kier alpha value is -3.23. The standard InChI is InChI=1S/C19H24N4O5/c1-4-22(5-2)15(24)9-19(17(26)20-18(27)21-19)11-23-10-12-6-7-13(28-3)8-14(12)16(23)25/h6-8,10,25H,4-5,9,11H2,1-3H3,(H2,20,21,26,27). The van der Waals surface area contributed by atoms with Gasteiger partial charge < -0.3 is 24.6 Å². The van der Waals surface area contributed by atoms with Gasteiger partial charge in [-0.1, -0.05) is 0 Å². The van der Waals surface area contributed by atoms with Crippen molar-refractivity contribution in [1.82, 2.24) is 20.1 Å². The Morgan fingerprint density at radius 3 is 2.57 bits per heavy atom. The van der Waals surface area contributed by atoms with Gasteiger partial charge in [-0.2, -0.15) is 0 Å². The van der Waals surface area contributed by atoms with Gasteiger partial charge in [0.2, 0.25) is 5.91 Å². The lowest BCUT2D eigenvalue weighted by molar-refractivity contribution is -0.136. The average molecular weight is 388 g/mol. The number of methoxy groups -OCH3 is 1. The molecule has 9 nitrogen and oxygen atoms in total. The SMILES string of the molecule is CCN(CC)C(=O)CC1(Cn2cc3ccc(OC)cc3c2O)NC(=O)NC1=O. The van der Waals surface area contributed by atoms with Crippen LogP contribution in [0.5, 0.6) is 11.6 Å². The number of aromatic hydroxyl groups is 1. The molecule has 1 aliphatic heterocycles. The summed E-state index contributed by atoms with van der Waals surface area (Å²) in [5.74, 6) is -0.329. The number of nitrogens with zero attached hydrogens (tertiary/aromatic N) is 2. The van der Waals surface area contributed by atoms with Crippen LogP contribution < -0.4 is 15.4 Å². The van der Waals surface area contributed by atoms with Gasteiger partial charge in [-0.25, -0.2) is 4.79 Å². The predicted molar refractivity (Wildman–Crippen MR) is 102 cm³/mol. The molecule has 0 saturated carbocycles. The Morgan fingerprint density at radius 1 is 1.29 bits per heavy atom. The molecule has 1 unspecified atom stereocenters. The highest BCUT2D eigenvalue weighted by atomic mass is 16.5. The van der Waals surface area contributed by atoms with Gasteiger partial charge in [-0.05, 0) is 32.0 Å². The van der Waals surface area contributed by atoms with E-state index >= 15 is 0 Å². The second-order valence-corrected chi connectivity index (χ2v) is 6.77. The van der Waals surface area contributed by atoms with Gasteiger partial charge in [0.15, 0.2) is 5.88 Å². The van der Waals surface area contributed by atoms with Crippen molar-refractivity contribution in [2.75, 3.05) is 20.2 Å². The lowest BCUT2D eigenvalue weighted by Crippen LogP contribution is -2.53. The number of carbonyl (C=O) groups excluding carboxylic acids is 3. The summed E-state index contributed by atoms with van der Waals surface area (Å²) in [7, 11) is 1.53. The first kappa shape index (κ1) is 19.5. The highest BCUT2D eigenvalue weighted by molar-refractivity contribution is 6.08. The van der Waals surface area contributed by atoms with Crippen molar-refractivity contribution in [2.45, 2.75) is 32.4 Å². The van der Waals surface area contributed by atoms with Gasteiger partial charge in [0.1, 0.15) is 11.3 Å². The maximum atomic E-state index is 12.7. The molecule has 150 valence electrons. The fourth-order valence-corrected chi connectivity index (χ4v) is 3.53. The average Bonchev–Trinajstić information content (AvgIpc) is 3.11. The molecule has 9 heteroatoms. The number of rotatable bonds is 7. The summed E-state index contributed by atoms with van der Waals surface area (Å²) in [6.07, 6.45) is 1.47. The molecule has 1 aliphatic rings. The lowest BCUT2D eigenvalue weighted by Gasteiger charge is -2.29. The highest BCUT2D eigenvalue weighted by Gasteiger charge is 2.48. The maximum absolute atomic E-state index is 12.7. The maximum Gasteiger partial charge on any atom is 0.322 e. The summed E-state index contributed by atoms with van der Waals surface area (Å²) in [4.78, 5) is 38.7. The molecule has 0 bridgehead atoms. The molecule has 1 saturated heterocycles. The monoisotopic (exact) mass is 388 g/mol. The minimum atomic E-state index is -1.48. The molecule has 3 N–H and O–H groups in total. The van der Waals surface area contributed by atoms with Gasteiger partial charge in [0, 0.05) is 30.1 Å². The minimum Gasteiger partial charge on any atom is -0.497 e. The molecule has 1 aromatic carbocycles. The van der Waals surface area contributed by atoms with E-state index < -0.39 is 17.5 Å². The van der Waals surface area contributed by atoms with Crippen LogP contribution in [0.2, 0.25) is 0 Å². The van der Waals surface area contributed by atoms with Crippen molar-refractivity contribution in [3.63, 3.8) is 0 Å². The third kappa shape index (κ3) is 3.35. The lowest BCUT2D eigenvalue weighted by atomic mass is 9.94. The molecule has 1 fully saturated rings. The van der Waals surface area contributed by atoms with Crippen LogP contribution in [0.25, 0.3) is 10.8 Å². The Labute approximate surface area is 162 Å². The smallest absolute Gasteiger partial charge is 0.322 e. The molecule has 2 heterocycles. The highest BCUT2D eigenvalue weighted by Crippen LogP contribution is 2.32. The van der Waals surface area contributed by atoms with E-state index in [1.165, 1.54) is 11.7 Å². The number of amides is 4. The first-order chi connectivity index (χ1) is 13.3. The van der Waals surface area contributed by atoms with Crippen LogP contribution in [-0.4, -0.2) is 58.2 Å². The molecule has 0 radical (unpaired) electrons. The van der Waals surface area contributed by atoms with Gasteiger partial charge >= 0.3 is 6.03 Å². The van der Waals surface area contributed by atoms with Crippen molar-refractivity contribution in [3.8, 4) is 11.6 Å². The summed E-state index contributed by atoms with van der Waals surface area (Å²) >= 11 is 0. The fourth-order valence-electron chi connectivity index (χ4n) is 3.53. The molecular formula is C19H24N4O5. The number of aromatic nitrogens is 1. The largest absolute Gasteiger partial charge is 0.497 e. The van der Waals surface area contributed by atoms with E-state index in [1.54, 1.807) is 29.3 Å². The van der Waals surface area contributed by atoms with E-state index in [0.29, 0.717) is 24.2 Å². The van der Waals surface area contributed by atoms with E-state index in [-0.39, 0.29) is 24.8 Å². The van der Waals surface area contributed by atoms with Crippen molar-refractivity contribution in [1.29, 1.82) is 0 Å². The summed E-state index contributed by atoms with van der Waals surface area (Å²) in [6.45, 7) is 4.61. The molecule has 3 rings (SSSR count). The van der Waals surface area contributed by atoms with Crippen LogP contribution >= 0.6 is 0 Å².